The van der Waals surface area contributed by atoms with Crippen molar-refractivity contribution in [1.29, 1.82) is 0 Å². The highest BCUT2D eigenvalue weighted by Gasteiger charge is 2.29. The van der Waals surface area contributed by atoms with Crippen LogP contribution in [0.25, 0.3) is 11.1 Å². The fourth-order valence-corrected chi connectivity index (χ4v) is 4.72. The van der Waals surface area contributed by atoms with Crippen molar-refractivity contribution in [2.45, 2.75) is 38.1 Å². The van der Waals surface area contributed by atoms with E-state index in [1.807, 2.05) is 61.5 Å². The van der Waals surface area contributed by atoms with Gasteiger partial charge in [0.25, 0.3) is 0 Å². The van der Waals surface area contributed by atoms with Gasteiger partial charge in [-0.2, -0.15) is 0 Å². The van der Waals surface area contributed by atoms with Crippen molar-refractivity contribution in [3.63, 3.8) is 0 Å². The predicted octanol–water partition coefficient (Wildman–Crippen LogP) is 5.83. The number of ether oxygens (including phenoxy) is 1. The molecular formula is C27H26ClNO4. The molecule has 170 valence electrons. The van der Waals surface area contributed by atoms with Crippen LogP contribution in [-0.4, -0.2) is 29.8 Å². The Bertz CT molecular complexity index is 1130. The third-order valence-corrected chi connectivity index (χ3v) is 6.51. The molecule has 0 saturated heterocycles. The van der Waals surface area contributed by atoms with Crippen LogP contribution < -0.4 is 5.32 Å². The maximum absolute atomic E-state index is 12.5. The van der Waals surface area contributed by atoms with Crippen LogP contribution >= 0.6 is 11.6 Å². The van der Waals surface area contributed by atoms with Gasteiger partial charge in [0.05, 0.1) is 0 Å². The number of hydrogen-bond donors (Lipinski definition) is 2. The molecule has 1 atom stereocenters. The Morgan fingerprint density at radius 1 is 1.03 bits per heavy atom. The Morgan fingerprint density at radius 3 is 2.24 bits per heavy atom. The molecule has 0 bridgehead atoms. The van der Waals surface area contributed by atoms with Gasteiger partial charge in [0.1, 0.15) is 12.6 Å². The zero-order valence-corrected chi connectivity index (χ0v) is 19.1. The number of alkyl carbamates (subject to hydrolysis) is 1. The molecule has 0 aliphatic heterocycles. The summed E-state index contributed by atoms with van der Waals surface area (Å²) in [6.45, 7) is 2.17. The lowest BCUT2D eigenvalue weighted by Crippen LogP contribution is -2.41. The van der Waals surface area contributed by atoms with Crippen LogP contribution in [-0.2, 0) is 22.4 Å². The lowest BCUT2D eigenvalue weighted by Gasteiger charge is -2.17. The summed E-state index contributed by atoms with van der Waals surface area (Å²) in [5, 5.41) is 12.8. The Hall–Kier alpha value is -3.31. The summed E-state index contributed by atoms with van der Waals surface area (Å²) in [5.74, 6) is -1.18. The van der Waals surface area contributed by atoms with Crippen LogP contribution in [0.4, 0.5) is 4.79 Å². The van der Waals surface area contributed by atoms with Gasteiger partial charge in [0.2, 0.25) is 0 Å². The minimum Gasteiger partial charge on any atom is -0.480 e. The normalized spacial score (nSPS) is 13.2. The fourth-order valence-electron chi connectivity index (χ4n) is 4.38. The van der Waals surface area contributed by atoms with Gasteiger partial charge >= 0.3 is 12.1 Å². The minimum atomic E-state index is -1.10. The maximum Gasteiger partial charge on any atom is 0.407 e. The second kappa shape index (κ2) is 10.1. The van der Waals surface area contributed by atoms with Crippen LogP contribution in [0.3, 0.4) is 0 Å². The average molecular weight is 464 g/mol. The average Bonchev–Trinajstić information content (AvgIpc) is 3.14. The van der Waals surface area contributed by atoms with Gasteiger partial charge in [-0.1, -0.05) is 79.2 Å². The zero-order chi connectivity index (χ0) is 23.4. The van der Waals surface area contributed by atoms with Crippen molar-refractivity contribution in [2.24, 2.45) is 0 Å². The molecular weight excluding hydrogens is 438 g/mol. The van der Waals surface area contributed by atoms with E-state index in [9.17, 15) is 14.7 Å². The van der Waals surface area contributed by atoms with E-state index in [2.05, 4.69) is 17.4 Å². The molecule has 1 amide bonds. The molecule has 0 heterocycles. The third-order valence-electron chi connectivity index (χ3n) is 6.15. The molecule has 0 fully saturated rings. The van der Waals surface area contributed by atoms with E-state index in [0.29, 0.717) is 11.4 Å². The monoisotopic (exact) mass is 463 g/mol. The smallest absolute Gasteiger partial charge is 0.407 e. The number of nitrogens with one attached hydrogen (secondary N) is 1. The van der Waals surface area contributed by atoms with Crippen molar-refractivity contribution < 1.29 is 19.4 Å². The Balaban J connectivity index is 1.37. The first-order valence-electron chi connectivity index (χ1n) is 11.1. The number of rotatable bonds is 8. The Kier molecular flexibility index (Phi) is 6.99. The number of benzene rings is 3. The fraction of sp³-hybridized carbons (Fsp3) is 0.259. The summed E-state index contributed by atoms with van der Waals surface area (Å²) in [6.07, 6.45) is 0.815. The van der Waals surface area contributed by atoms with Crippen molar-refractivity contribution in [2.75, 3.05) is 6.61 Å². The first-order valence-corrected chi connectivity index (χ1v) is 11.5. The molecule has 0 spiro atoms. The van der Waals surface area contributed by atoms with Crippen LogP contribution in [0.15, 0.2) is 66.7 Å². The third kappa shape index (κ3) is 5.04. The summed E-state index contributed by atoms with van der Waals surface area (Å²) in [6, 6.07) is 20.8. The molecule has 0 aromatic heterocycles. The first kappa shape index (κ1) is 22.9. The maximum atomic E-state index is 12.5. The number of amides is 1. The van der Waals surface area contributed by atoms with Crippen LogP contribution in [0.2, 0.25) is 5.02 Å². The quantitative estimate of drug-likeness (QED) is 0.441. The van der Waals surface area contributed by atoms with Crippen molar-refractivity contribution >= 4 is 23.7 Å². The summed E-state index contributed by atoms with van der Waals surface area (Å²) in [5.41, 5.74) is 6.46. The van der Waals surface area contributed by atoms with Crippen molar-refractivity contribution in [1.82, 2.24) is 5.32 Å². The van der Waals surface area contributed by atoms with Gasteiger partial charge in [-0.15, -0.1) is 0 Å². The number of carboxylic acids is 1. The number of carbonyl (C=O) groups is 2. The van der Waals surface area contributed by atoms with Crippen LogP contribution in [0.5, 0.6) is 0 Å². The topological polar surface area (TPSA) is 75.6 Å². The van der Waals surface area contributed by atoms with Gasteiger partial charge in [0, 0.05) is 10.9 Å². The van der Waals surface area contributed by atoms with Crippen molar-refractivity contribution in [3.8, 4) is 11.1 Å². The molecule has 5 nitrogen and oxygen atoms in total. The molecule has 3 aromatic rings. The van der Waals surface area contributed by atoms with Gasteiger partial charge < -0.3 is 15.2 Å². The highest BCUT2D eigenvalue weighted by Crippen LogP contribution is 2.44. The lowest BCUT2D eigenvalue weighted by atomic mass is 9.98. The molecule has 0 saturated carbocycles. The molecule has 0 radical (unpaired) electrons. The second-order valence-corrected chi connectivity index (χ2v) is 8.59. The summed E-state index contributed by atoms with van der Waals surface area (Å²) in [4.78, 5) is 24.2. The molecule has 1 aliphatic rings. The van der Waals surface area contributed by atoms with Crippen LogP contribution in [0.1, 0.15) is 41.5 Å². The van der Waals surface area contributed by atoms with Gasteiger partial charge in [0.15, 0.2) is 0 Å². The van der Waals surface area contributed by atoms with E-state index in [1.165, 1.54) is 0 Å². The van der Waals surface area contributed by atoms with E-state index in [4.69, 9.17) is 16.3 Å². The van der Waals surface area contributed by atoms with E-state index < -0.39 is 18.1 Å². The van der Waals surface area contributed by atoms with Gasteiger partial charge in [-0.25, -0.2) is 9.59 Å². The molecule has 4 rings (SSSR count). The summed E-state index contributed by atoms with van der Waals surface area (Å²) in [7, 11) is 0. The molecule has 6 heteroatoms. The molecule has 0 unspecified atom stereocenters. The Morgan fingerprint density at radius 2 is 1.67 bits per heavy atom. The molecule has 2 N–H and O–H groups in total. The molecule has 3 aromatic carbocycles. The molecule has 1 aliphatic carbocycles. The second-order valence-electron chi connectivity index (χ2n) is 8.18. The first-order chi connectivity index (χ1) is 16.0. The largest absolute Gasteiger partial charge is 0.480 e. The predicted molar refractivity (Wildman–Crippen MR) is 129 cm³/mol. The number of carboxylic acid groups (broad SMARTS) is 1. The number of aliphatic carboxylic acids is 1. The lowest BCUT2D eigenvalue weighted by molar-refractivity contribution is -0.139. The van der Waals surface area contributed by atoms with E-state index in [1.54, 1.807) is 0 Å². The standard InChI is InChI=1S/C27H26ClNO4/c1-2-18-13-11-17(15-24(18)28)12-14-25(26(30)31)29-27(32)33-16-23-21-9-5-3-7-19(21)20-8-4-6-10-22(20)23/h3-11,13,15,23,25H,2,12,14,16H2,1H3,(H,29,32)(H,30,31)/t25-/m0/s1. The van der Waals surface area contributed by atoms with Crippen LogP contribution in [0, 0.1) is 0 Å². The van der Waals surface area contributed by atoms with Gasteiger partial charge in [-0.05, 0) is 58.7 Å². The van der Waals surface area contributed by atoms with Crippen molar-refractivity contribution in [3.05, 3.63) is 94.0 Å². The summed E-state index contributed by atoms with van der Waals surface area (Å²) >= 11 is 6.26. The molecule has 33 heavy (non-hydrogen) atoms. The Labute approximate surface area is 198 Å². The zero-order valence-electron chi connectivity index (χ0n) is 18.4. The van der Waals surface area contributed by atoms with E-state index in [-0.39, 0.29) is 18.9 Å². The minimum absolute atomic E-state index is 0.0781. The summed E-state index contributed by atoms with van der Waals surface area (Å²) < 4.78 is 5.49. The van der Waals surface area contributed by atoms with E-state index in [0.717, 1.165) is 39.8 Å². The number of halogens is 1. The number of carbonyl (C=O) groups excluding carboxylic acids is 1. The number of fused-ring (bicyclic) bond motifs is 3. The highest BCUT2D eigenvalue weighted by molar-refractivity contribution is 6.31. The number of aryl methyl sites for hydroxylation is 2. The SMILES string of the molecule is CCc1ccc(CC[C@H](NC(=O)OCC2c3ccccc3-c3ccccc32)C(=O)O)cc1Cl. The highest BCUT2D eigenvalue weighted by atomic mass is 35.5. The van der Waals surface area contributed by atoms with E-state index >= 15 is 0 Å². The van der Waals surface area contributed by atoms with Gasteiger partial charge in [-0.3, -0.25) is 0 Å². The number of hydrogen-bond acceptors (Lipinski definition) is 3.